The highest BCUT2D eigenvalue weighted by Gasteiger charge is 2.06. The Bertz CT molecular complexity index is 522. The Balaban J connectivity index is 2.11. The molecule has 0 saturated heterocycles. The number of nitrogens with one attached hydrogen (secondary N) is 1. The first-order chi connectivity index (χ1) is 8.15. The van der Waals surface area contributed by atoms with E-state index >= 15 is 0 Å². The largest absolute Gasteiger partial charge is 0.321 e. The molecule has 2 aromatic heterocycles. The van der Waals surface area contributed by atoms with Gasteiger partial charge in [0, 0.05) is 11.9 Å². The van der Waals surface area contributed by atoms with Crippen molar-refractivity contribution >= 4 is 11.6 Å². The lowest BCUT2D eigenvalue weighted by molar-refractivity contribution is 0.102. The second-order valence-electron chi connectivity index (χ2n) is 3.51. The van der Waals surface area contributed by atoms with E-state index in [0.717, 1.165) is 5.69 Å². The zero-order chi connectivity index (χ0) is 12.3. The van der Waals surface area contributed by atoms with Crippen molar-refractivity contribution in [1.29, 1.82) is 0 Å². The van der Waals surface area contributed by atoms with Crippen LogP contribution in [0, 0.1) is 12.9 Å². The summed E-state index contributed by atoms with van der Waals surface area (Å²) in [6.07, 6.45) is 2.75. The molecule has 1 amide bonds. The Morgan fingerprint density at radius 2 is 2.00 bits per heavy atom. The highest BCUT2D eigenvalue weighted by Crippen LogP contribution is 2.08. The third-order valence-corrected chi connectivity index (χ3v) is 2.16. The number of aromatic nitrogens is 2. The molecule has 0 aliphatic heterocycles. The first-order valence-electron chi connectivity index (χ1n) is 5.01. The highest BCUT2D eigenvalue weighted by atomic mass is 19.1. The molecule has 0 unspecified atom stereocenters. The molecular weight excluding hydrogens is 221 g/mol. The summed E-state index contributed by atoms with van der Waals surface area (Å²) in [4.78, 5) is 19.2. The smallest absolute Gasteiger partial charge is 0.257 e. The lowest BCUT2D eigenvalue weighted by Crippen LogP contribution is -2.12. The highest BCUT2D eigenvalue weighted by molar-refractivity contribution is 6.03. The topological polar surface area (TPSA) is 54.9 Å². The van der Waals surface area contributed by atoms with E-state index in [2.05, 4.69) is 15.3 Å². The standard InChI is InChI=1S/C12H10FN3O/c1-8-2-3-9(6-14-8)12(17)16-10-4-5-11(13)15-7-10/h2-7H,1H3,(H,16,17). The molecule has 1 N–H and O–H groups in total. The number of pyridine rings is 2. The van der Waals surface area contributed by atoms with Crippen LogP contribution in [0.25, 0.3) is 0 Å². The minimum absolute atomic E-state index is 0.300. The molecule has 0 spiro atoms. The summed E-state index contributed by atoms with van der Waals surface area (Å²) in [5, 5.41) is 2.60. The van der Waals surface area contributed by atoms with Crippen molar-refractivity contribution in [1.82, 2.24) is 9.97 Å². The fourth-order valence-corrected chi connectivity index (χ4v) is 1.26. The van der Waals surface area contributed by atoms with Gasteiger partial charge >= 0.3 is 0 Å². The van der Waals surface area contributed by atoms with Gasteiger partial charge in [-0.3, -0.25) is 9.78 Å². The van der Waals surface area contributed by atoms with Gasteiger partial charge in [-0.1, -0.05) is 0 Å². The van der Waals surface area contributed by atoms with Crippen LogP contribution in [0.3, 0.4) is 0 Å². The van der Waals surface area contributed by atoms with Gasteiger partial charge in [0.1, 0.15) is 0 Å². The fraction of sp³-hybridized carbons (Fsp3) is 0.0833. The summed E-state index contributed by atoms with van der Waals surface area (Å²) < 4.78 is 12.6. The quantitative estimate of drug-likeness (QED) is 0.806. The molecule has 0 radical (unpaired) electrons. The maximum absolute atomic E-state index is 12.6. The molecule has 0 saturated carbocycles. The zero-order valence-electron chi connectivity index (χ0n) is 9.14. The van der Waals surface area contributed by atoms with Gasteiger partial charge in [0.15, 0.2) is 0 Å². The summed E-state index contributed by atoms with van der Waals surface area (Å²) in [6.45, 7) is 1.84. The maximum Gasteiger partial charge on any atom is 0.257 e. The molecule has 86 valence electrons. The average molecular weight is 231 g/mol. The molecular formula is C12H10FN3O. The van der Waals surface area contributed by atoms with Gasteiger partial charge in [-0.2, -0.15) is 4.39 Å². The Morgan fingerprint density at radius 1 is 1.18 bits per heavy atom. The summed E-state index contributed by atoms with van der Waals surface area (Å²) >= 11 is 0. The van der Waals surface area contributed by atoms with Crippen LogP contribution in [0.2, 0.25) is 0 Å². The van der Waals surface area contributed by atoms with Crippen LogP contribution in [0.5, 0.6) is 0 Å². The van der Waals surface area contributed by atoms with E-state index in [0.29, 0.717) is 11.3 Å². The number of nitrogens with zero attached hydrogens (tertiary/aromatic N) is 2. The molecule has 0 aliphatic carbocycles. The Hall–Kier alpha value is -2.30. The number of rotatable bonds is 2. The monoisotopic (exact) mass is 231 g/mol. The number of hydrogen-bond acceptors (Lipinski definition) is 3. The number of carbonyl (C=O) groups excluding carboxylic acids is 1. The molecule has 5 heteroatoms. The summed E-state index contributed by atoms with van der Waals surface area (Å²) in [6, 6.07) is 6.05. The van der Waals surface area contributed by atoms with Gasteiger partial charge in [0.25, 0.3) is 5.91 Å². The van der Waals surface area contributed by atoms with Crippen LogP contribution in [-0.4, -0.2) is 15.9 Å². The number of aryl methyl sites for hydroxylation is 1. The lowest BCUT2D eigenvalue weighted by Gasteiger charge is -2.04. The normalized spacial score (nSPS) is 10.0. The molecule has 2 aromatic rings. The van der Waals surface area contributed by atoms with Crippen molar-refractivity contribution < 1.29 is 9.18 Å². The predicted octanol–water partition coefficient (Wildman–Crippen LogP) is 2.18. The fourth-order valence-electron chi connectivity index (χ4n) is 1.26. The molecule has 0 bridgehead atoms. The first-order valence-corrected chi connectivity index (χ1v) is 5.01. The van der Waals surface area contributed by atoms with E-state index in [4.69, 9.17) is 0 Å². The van der Waals surface area contributed by atoms with Crippen molar-refractivity contribution in [2.24, 2.45) is 0 Å². The second-order valence-corrected chi connectivity index (χ2v) is 3.51. The van der Waals surface area contributed by atoms with Gasteiger partial charge in [0.05, 0.1) is 17.4 Å². The second kappa shape index (κ2) is 4.69. The van der Waals surface area contributed by atoms with Gasteiger partial charge in [-0.15, -0.1) is 0 Å². The lowest BCUT2D eigenvalue weighted by atomic mass is 10.2. The number of carbonyl (C=O) groups is 1. The van der Waals surface area contributed by atoms with Crippen molar-refractivity contribution in [3.05, 3.63) is 53.9 Å². The number of amides is 1. The van der Waals surface area contributed by atoms with E-state index in [1.165, 1.54) is 24.5 Å². The molecule has 2 heterocycles. The molecule has 2 rings (SSSR count). The average Bonchev–Trinajstić information content (AvgIpc) is 2.33. The summed E-state index contributed by atoms with van der Waals surface area (Å²) in [5.74, 6) is -0.883. The Labute approximate surface area is 97.5 Å². The van der Waals surface area contributed by atoms with E-state index < -0.39 is 5.95 Å². The van der Waals surface area contributed by atoms with Crippen molar-refractivity contribution in [2.45, 2.75) is 6.92 Å². The third kappa shape index (κ3) is 2.84. The predicted molar refractivity (Wildman–Crippen MR) is 61.1 cm³/mol. The molecule has 17 heavy (non-hydrogen) atoms. The van der Waals surface area contributed by atoms with Crippen LogP contribution >= 0.6 is 0 Å². The minimum Gasteiger partial charge on any atom is -0.321 e. The van der Waals surface area contributed by atoms with Gasteiger partial charge < -0.3 is 5.32 Å². The van der Waals surface area contributed by atoms with Gasteiger partial charge in [-0.25, -0.2) is 4.98 Å². The zero-order valence-corrected chi connectivity index (χ0v) is 9.14. The van der Waals surface area contributed by atoms with Crippen LogP contribution in [0.1, 0.15) is 16.1 Å². The number of anilines is 1. The Morgan fingerprint density at radius 3 is 2.59 bits per heavy atom. The van der Waals surface area contributed by atoms with E-state index in [1.54, 1.807) is 12.1 Å². The maximum atomic E-state index is 12.6. The van der Waals surface area contributed by atoms with Crippen LogP contribution in [0.4, 0.5) is 10.1 Å². The number of halogens is 1. The van der Waals surface area contributed by atoms with Gasteiger partial charge in [0.2, 0.25) is 5.95 Å². The van der Waals surface area contributed by atoms with E-state index in [9.17, 15) is 9.18 Å². The molecule has 0 atom stereocenters. The summed E-state index contributed by atoms with van der Waals surface area (Å²) in [5.41, 5.74) is 1.72. The van der Waals surface area contributed by atoms with Crippen molar-refractivity contribution in [2.75, 3.05) is 5.32 Å². The van der Waals surface area contributed by atoms with Gasteiger partial charge in [-0.05, 0) is 31.2 Å². The number of hydrogen-bond donors (Lipinski definition) is 1. The minimum atomic E-state index is -0.583. The molecule has 0 fully saturated rings. The van der Waals surface area contributed by atoms with Crippen molar-refractivity contribution in [3.8, 4) is 0 Å². The van der Waals surface area contributed by atoms with Crippen LogP contribution in [-0.2, 0) is 0 Å². The molecule has 0 aromatic carbocycles. The SMILES string of the molecule is Cc1ccc(C(=O)Nc2ccc(F)nc2)cn1. The first kappa shape index (κ1) is 11.2. The molecule has 0 aliphatic rings. The van der Waals surface area contributed by atoms with E-state index in [1.807, 2.05) is 6.92 Å². The molecule has 4 nitrogen and oxygen atoms in total. The van der Waals surface area contributed by atoms with Crippen molar-refractivity contribution in [3.63, 3.8) is 0 Å². The Kier molecular flexibility index (Phi) is 3.09. The summed E-state index contributed by atoms with van der Waals surface area (Å²) in [7, 11) is 0. The van der Waals surface area contributed by atoms with Crippen LogP contribution < -0.4 is 5.32 Å². The van der Waals surface area contributed by atoms with E-state index in [-0.39, 0.29) is 5.91 Å². The van der Waals surface area contributed by atoms with Crippen LogP contribution in [0.15, 0.2) is 36.7 Å². The third-order valence-electron chi connectivity index (χ3n) is 2.16.